The molecule has 1 aromatic heterocycles. The molecule has 3 nitrogen and oxygen atoms in total. The number of halogens is 1. The van der Waals surface area contributed by atoms with Gasteiger partial charge < -0.3 is 10.6 Å². The van der Waals surface area contributed by atoms with E-state index in [1.54, 1.807) is 6.20 Å². The summed E-state index contributed by atoms with van der Waals surface area (Å²) in [6.45, 7) is 0.838. The van der Waals surface area contributed by atoms with Crippen LogP contribution in [0.15, 0.2) is 47.1 Å². The van der Waals surface area contributed by atoms with Crippen molar-refractivity contribution in [2.75, 3.05) is 17.7 Å². The molecule has 88 valence electrons. The fourth-order valence-corrected chi connectivity index (χ4v) is 2.07. The summed E-state index contributed by atoms with van der Waals surface area (Å²) in [5.41, 5.74) is 7.87. The molecular weight excluding hydrogens is 278 g/mol. The van der Waals surface area contributed by atoms with E-state index >= 15 is 0 Å². The first-order valence-electron chi connectivity index (χ1n) is 5.32. The molecule has 17 heavy (non-hydrogen) atoms. The Morgan fingerprint density at radius 2 is 2.12 bits per heavy atom. The van der Waals surface area contributed by atoms with Crippen LogP contribution in [0.1, 0.15) is 5.56 Å². The number of anilines is 2. The Morgan fingerprint density at radius 3 is 2.76 bits per heavy atom. The van der Waals surface area contributed by atoms with Crippen molar-refractivity contribution >= 4 is 27.4 Å². The molecule has 0 radical (unpaired) electrons. The molecule has 0 aliphatic heterocycles. The van der Waals surface area contributed by atoms with Crippen LogP contribution in [-0.4, -0.2) is 12.0 Å². The van der Waals surface area contributed by atoms with Gasteiger partial charge in [0.25, 0.3) is 0 Å². The maximum Gasteiger partial charge on any atom is 0.123 e. The number of nitrogens with zero attached hydrogens (tertiary/aromatic N) is 2. The van der Waals surface area contributed by atoms with Crippen LogP contribution < -0.4 is 10.6 Å². The Bertz CT molecular complexity index is 496. The average molecular weight is 292 g/mol. The van der Waals surface area contributed by atoms with Crippen LogP contribution in [0.3, 0.4) is 0 Å². The van der Waals surface area contributed by atoms with Gasteiger partial charge in [-0.25, -0.2) is 4.98 Å². The number of nitrogens with two attached hydrogens (primary N) is 1. The van der Waals surface area contributed by atoms with Crippen LogP contribution in [0, 0.1) is 0 Å². The highest BCUT2D eigenvalue weighted by molar-refractivity contribution is 9.10. The molecule has 0 fully saturated rings. The van der Waals surface area contributed by atoms with E-state index in [-0.39, 0.29) is 0 Å². The van der Waals surface area contributed by atoms with Crippen molar-refractivity contribution in [2.45, 2.75) is 6.54 Å². The molecule has 0 saturated heterocycles. The van der Waals surface area contributed by atoms with Crippen LogP contribution in [0.25, 0.3) is 0 Å². The first-order chi connectivity index (χ1) is 8.15. The van der Waals surface area contributed by atoms with Gasteiger partial charge in [0.05, 0.1) is 11.9 Å². The van der Waals surface area contributed by atoms with Crippen LogP contribution in [0.4, 0.5) is 11.5 Å². The Morgan fingerprint density at radius 1 is 1.29 bits per heavy atom. The lowest BCUT2D eigenvalue weighted by molar-refractivity contribution is 0.918. The third-order valence-electron chi connectivity index (χ3n) is 2.52. The second kappa shape index (κ2) is 5.19. The summed E-state index contributed by atoms with van der Waals surface area (Å²) in [7, 11) is 2.04. The fourth-order valence-electron chi connectivity index (χ4n) is 1.62. The average Bonchev–Trinajstić information content (AvgIpc) is 2.29. The molecule has 2 rings (SSSR count). The van der Waals surface area contributed by atoms with Gasteiger partial charge in [-0.3, -0.25) is 0 Å². The number of benzene rings is 1. The number of aromatic nitrogens is 1. The monoisotopic (exact) mass is 291 g/mol. The Hall–Kier alpha value is -1.55. The van der Waals surface area contributed by atoms with E-state index in [4.69, 9.17) is 5.73 Å². The van der Waals surface area contributed by atoms with Crippen molar-refractivity contribution < 1.29 is 0 Å². The highest BCUT2D eigenvalue weighted by Gasteiger charge is 2.02. The minimum absolute atomic E-state index is 0.546. The number of pyridine rings is 1. The predicted octanol–water partition coefficient (Wildman–Crippen LogP) is 3.06. The van der Waals surface area contributed by atoms with Crippen molar-refractivity contribution in [3.8, 4) is 0 Å². The third-order valence-corrected chi connectivity index (χ3v) is 3.01. The molecule has 0 bridgehead atoms. The lowest BCUT2D eigenvalue weighted by Crippen LogP contribution is -2.16. The van der Waals surface area contributed by atoms with Gasteiger partial charge >= 0.3 is 0 Å². The molecule has 0 amide bonds. The second-order valence-corrected chi connectivity index (χ2v) is 4.84. The van der Waals surface area contributed by atoms with Gasteiger partial charge in [-0.05, 0) is 29.8 Å². The van der Waals surface area contributed by atoms with E-state index in [1.165, 1.54) is 5.56 Å². The van der Waals surface area contributed by atoms with Crippen LogP contribution in [0.5, 0.6) is 0 Å². The molecule has 0 aliphatic rings. The molecule has 1 heterocycles. The van der Waals surface area contributed by atoms with Gasteiger partial charge in [-0.15, -0.1) is 0 Å². The molecule has 0 atom stereocenters. The summed E-state index contributed by atoms with van der Waals surface area (Å²) < 4.78 is 1.10. The maximum atomic E-state index is 5.56. The zero-order valence-electron chi connectivity index (χ0n) is 9.60. The van der Waals surface area contributed by atoms with Gasteiger partial charge in [0.1, 0.15) is 5.82 Å². The SMILES string of the molecule is CN(Cc1cccc(Br)c1)c1ccc(N)nc1. The summed E-state index contributed by atoms with van der Waals surface area (Å²) >= 11 is 3.47. The number of hydrogen-bond donors (Lipinski definition) is 1. The van der Waals surface area contributed by atoms with Crippen LogP contribution in [0.2, 0.25) is 0 Å². The molecule has 2 aromatic rings. The first-order valence-corrected chi connectivity index (χ1v) is 6.11. The topological polar surface area (TPSA) is 42.1 Å². The molecule has 2 N–H and O–H groups in total. The number of nitrogen functional groups attached to an aromatic ring is 1. The summed E-state index contributed by atoms with van der Waals surface area (Å²) in [6.07, 6.45) is 1.79. The van der Waals surface area contributed by atoms with Crippen molar-refractivity contribution in [2.24, 2.45) is 0 Å². The molecule has 0 aliphatic carbocycles. The minimum Gasteiger partial charge on any atom is -0.384 e. The van der Waals surface area contributed by atoms with E-state index < -0.39 is 0 Å². The van der Waals surface area contributed by atoms with Gasteiger partial charge in [0.15, 0.2) is 0 Å². The lowest BCUT2D eigenvalue weighted by Gasteiger charge is -2.19. The smallest absolute Gasteiger partial charge is 0.123 e. The van der Waals surface area contributed by atoms with E-state index in [1.807, 2.05) is 31.3 Å². The van der Waals surface area contributed by atoms with E-state index in [0.29, 0.717) is 5.82 Å². The Balaban J connectivity index is 2.11. The highest BCUT2D eigenvalue weighted by Crippen LogP contribution is 2.17. The van der Waals surface area contributed by atoms with Crippen molar-refractivity contribution in [1.29, 1.82) is 0 Å². The largest absolute Gasteiger partial charge is 0.384 e. The van der Waals surface area contributed by atoms with Crippen LogP contribution in [-0.2, 0) is 6.54 Å². The van der Waals surface area contributed by atoms with Crippen molar-refractivity contribution in [3.63, 3.8) is 0 Å². The Labute approximate surface area is 109 Å². The molecular formula is C13H14BrN3. The molecule has 1 aromatic carbocycles. The first kappa shape index (κ1) is 11.9. The number of hydrogen-bond acceptors (Lipinski definition) is 3. The summed E-state index contributed by atoms with van der Waals surface area (Å²) in [5, 5.41) is 0. The standard InChI is InChI=1S/C13H14BrN3/c1-17(12-5-6-13(15)16-8-12)9-10-3-2-4-11(14)7-10/h2-8H,9H2,1H3,(H2,15,16). The van der Waals surface area contributed by atoms with Gasteiger partial charge in [0.2, 0.25) is 0 Å². The van der Waals surface area contributed by atoms with Gasteiger partial charge in [-0.1, -0.05) is 28.1 Å². The zero-order valence-corrected chi connectivity index (χ0v) is 11.2. The summed E-state index contributed by atoms with van der Waals surface area (Å²) in [6, 6.07) is 12.1. The fraction of sp³-hybridized carbons (Fsp3) is 0.154. The third kappa shape index (κ3) is 3.20. The minimum atomic E-state index is 0.546. The number of rotatable bonds is 3. The summed E-state index contributed by atoms with van der Waals surface area (Å²) in [4.78, 5) is 6.22. The zero-order chi connectivity index (χ0) is 12.3. The lowest BCUT2D eigenvalue weighted by atomic mass is 10.2. The van der Waals surface area contributed by atoms with Crippen molar-refractivity contribution in [3.05, 3.63) is 52.6 Å². The normalized spacial score (nSPS) is 10.2. The van der Waals surface area contributed by atoms with Gasteiger partial charge in [-0.2, -0.15) is 0 Å². The van der Waals surface area contributed by atoms with E-state index in [2.05, 4.69) is 37.9 Å². The molecule has 0 saturated carbocycles. The quantitative estimate of drug-likeness (QED) is 0.945. The second-order valence-electron chi connectivity index (χ2n) is 3.93. The Kier molecular flexibility index (Phi) is 3.64. The highest BCUT2D eigenvalue weighted by atomic mass is 79.9. The predicted molar refractivity (Wildman–Crippen MR) is 74.9 cm³/mol. The van der Waals surface area contributed by atoms with Gasteiger partial charge in [0, 0.05) is 18.1 Å². The van der Waals surface area contributed by atoms with E-state index in [9.17, 15) is 0 Å². The molecule has 0 unspecified atom stereocenters. The van der Waals surface area contributed by atoms with E-state index in [0.717, 1.165) is 16.7 Å². The van der Waals surface area contributed by atoms with Crippen LogP contribution >= 0.6 is 15.9 Å². The van der Waals surface area contributed by atoms with Crippen molar-refractivity contribution in [1.82, 2.24) is 4.98 Å². The summed E-state index contributed by atoms with van der Waals surface area (Å²) in [5.74, 6) is 0.546. The molecule has 4 heteroatoms. The maximum absolute atomic E-state index is 5.56. The molecule has 0 spiro atoms.